The maximum Gasteiger partial charge on any atom is 0.178 e. The molecular formula is C15H16FNO2S2. The van der Waals surface area contributed by atoms with Crippen molar-refractivity contribution in [1.82, 2.24) is 5.32 Å². The molecule has 0 aliphatic carbocycles. The highest BCUT2D eigenvalue weighted by atomic mass is 32.2. The van der Waals surface area contributed by atoms with Gasteiger partial charge in [-0.25, -0.2) is 12.8 Å². The molecule has 0 spiro atoms. The molecule has 1 aliphatic rings. The third-order valence-electron chi connectivity index (χ3n) is 3.74. The molecule has 1 aromatic carbocycles. The second-order valence-electron chi connectivity index (χ2n) is 5.18. The zero-order valence-corrected chi connectivity index (χ0v) is 13.0. The van der Waals surface area contributed by atoms with E-state index in [2.05, 4.69) is 16.8 Å². The average molecular weight is 325 g/mol. The third-order valence-corrected chi connectivity index (χ3v) is 6.29. The number of rotatable bonds is 4. The van der Waals surface area contributed by atoms with Crippen LogP contribution in [0.2, 0.25) is 0 Å². The largest absolute Gasteiger partial charge is 0.310 e. The van der Waals surface area contributed by atoms with E-state index in [4.69, 9.17) is 0 Å². The van der Waals surface area contributed by atoms with E-state index in [1.165, 1.54) is 23.8 Å². The second kappa shape index (κ2) is 5.87. The summed E-state index contributed by atoms with van der Waals surface area (Å²) in [7, 11) is -3.26. The normalized spacial score (nSPS) is 20.1. The summed E-state index contributed by atoms with van der Waals surface area (Å²) in [5.41, 5.74) is 1.82. The second-order valence-corrected chi connectivity index (χ2v) is 8.04. The van der Waals surface area contributed by atoms with Gasteiger partial charge in [0.1, 0.15) is 5.82 Å². The summed E-state index contributed by atoms with van der Waals surface area (Å²) in [6, 6.07) is 5.91. The van der Waals surface area contributed by atoms with Gasteiger partial charge < -0.3 is 5.32 Å². The Kier molecular flexibility index (Phi) is 4.10. The van der Waals surface area contributed by atoms with Crippen LogP contribution in [0.15, 0.2) is 39.9 Å². The fourth-order valence-electron chi connectivity index (χ4n) is 2.65. The molecule has 2 heterocycles. The van der Waals surface area contributed by atoms with Gasteiger partial charge in [-0.05, 0) is 65.5 Å². The van der Waals surface area contributed by atoms with Gasteiger partial charge in [0, 0.05) is 6.04 Å². The van der Waals surface area contributed by atoms with Gasteiger partial charge in [0.05, 0.1) is 10.6 Å². The number of thiophene rings is 1. The van der Waals surface area contributed by atoms with Crippen LogP contribution in [-0.4, -0.2) is 20.7 Å². The fourth-order valence-corrected chi connectivity index (χ4v) is 4.96. The van der Waals surface area contributed by atoms with Gasteiger partial charge in [-0.2, -0.15) is 11.3 Å². The molecule has 0 saturated carbocycles. The first-order valence-electron chi connectivity index (χ1n) is 6.83. The number of hydrogen-bond donors (Lipinski definition) is 1. The Bertz CT molecular complexity index is 726. The predicted octanol–water partition coefficient (Wildman–Crippen LogP) is 2.94. The lowest BCUT2D eigenvalue weighted by molar-refractivity contribution is 0.490. The minimum Gasteiger partial charge on any atom is -0.310 e. The SMILES string of the molecule is O=S1(=O)CCC(NCCc2ccsc2)c2cc(F)ccc21. The van der Waals surface area contributed by atoms with Crippen LogP contribution in [0.5, 0.6) is 0 Å². The van der Waals surface area contributed by atoms with E-state index in [-0.39, 0.29) is 16.7 Å². The highest BCUT2D eigenvalue weighted by Gasteiger charge is 2.30. The summed E-state index contributed by atoms with van der Waals surface area (Å²) in [4.78, 5) is 0.267. The van der Waals surface area contributed by atoms with E-state index in [0.717, 1.165) is 13.0 Å². The van der Waals surface area contributed by atoms with E-state index in [1.54, 1.807) is 11.3 Å². The highest BCUT2D eigenvalue weighted by molar-refractivity contribution is 7.91. The Morgan fingerprint density at radius 2 is 2.19 bits per heavy atom. The van der Waals surface area contributed by atoms with Crippen LogP contribution in [0.25, 0.3) is 0 Å². The van der Waals surface area contributed by atoms with Crippen molar-refractivity contribution in [2.75, 3.05) is 12.3 Å². The molecule has 0 bridgehead atoms. The molecule has 112 valence electrons. The fraction of sp³-hybridized carbons (Fsp3) is 0.333. The number of benzene rings is 1. The van der Waals surface area contributed by atoms with Gasteiger partial charge >= 0.3 is 0 Å². The van der Waals surface area contributed by atoms with Crippen molar-refractivity contribution in [2.24, 2.45) is 0 Å². The minimum atomic E-state index is -3.26. The molecule has 2 aromatic rings. The Morgan fingerprint density at radius 1 is 1.33 bits per heavy atom. The van der Waals surface area contributed by atoms with Gasteiger partial charge in [0.25, 0.3) is 0 Å². The first-order valence-corrected chi connectivity index (χ1v) is 9.42. The van der Waals surface area contributed by atoms with Crippen molar-refractivity contribution >= 4 is 21.2 Å². The summed E-state index contributed by atoms with van der Waals surface area (Å²) < 4.78 is 37.5. The van der Waals surface area contributed by atoms with Crippen LogP contribution in [0.3, 0.4) is 0 Å². The molecule has 3 rings (SSSR count). The maximum atomic E-state index is 13.4. The first-order chi connectivity index (χ1) is 10.1. The zero-order valence-electron chi connectivity index (χ0n) is 11.4. The van der Waals surface area contributed by atoms with Gasteiger partial charge in [-0.15, -0.1) is 0 Å². The number of halogens is 1. The van der Waals surface area contributed by atoms with Gasteiger partial charge in [0.15, 0.2) is 9.84 Å². The summed E-state index contributed by atoms with van der Waals surface area (Å²) in [5, 5.41) is 7.49. The van der Waals surface area contributed by atoms with Crippen LogP contribution < -0.4 is 5.32 Å². The topological polar surface area (TPSA) is 46.2 Å². The van der Waals surface area contributed by atoms with E-state index >= 15 is 0 Å². The Morgan fingerprint density at radius 3 is 2.95 bits per heavy atom. The highest BCUT2D eigenvalue weighted by Crippen LogP contribution is 2.32. The molecule has 1 N–H and O–H groups in total. The molecule has 3 nitrogen and oxygen atoms in total. The lowest BCUT2D eigenvalue weighted by atomic mass is 10.0. The van der Waals surface area contributed by atoms with Crippen molar-refractivity contribution in [2.45, 2.75) is 23.8 Å². The molecule has 21 heavy (non-hydrogen) atoms. The molecule has 1 atom stereocenters. The van der Waals surface area contributed by atoms with Crippen LogP contribution in [-0.2, 0) is 16.3 Å². The minimum absolute atomic E-state index is 0.0992. The molecule has 1 aliphatic heterocycles. The smallest absolute Gasteiger partial charge is 0.178 e. The molecule has 0 saturated heterocycles. The van der Waals surface area contributed by atoms with Crippen LogP contribution in [0, 0.1) is 5.82 Å². The average Bonchev–Trinajstić information content (AvgIpc) is 2.94. The van der Waals surface area contributed by atoms with Gasteiger partial charge in [-0.3, -0.25) is 0 Å². The predicted molar refractivity (Wildman–Crippen MR) is 81.8 cm³/mol. The van der Waals surface area contributed by atoms with Gasteiger partial charge in [0.2, 0.25) is 0 Å². The van der Waals surface area contributed by atoms with E-state index < -0.39 is 15.7 Å². The van der Waals surface area contributed by atoms with Crippen molar-refractivity contribution in [3.8, 4) is 0 Å². The molecule has 1 unspecified atom stereocenters. The lowest BCUT2D eigenvalue weighted by Crippen LogP contribution is -2.31. The summed E-state index contributed by atoms with van der Waals surface area (Å²) in [6.07, 6.45) is 1.37. The number of hydrogen-bond acceptors (Lipinski definition) is 4. The van der Waals surface area contributed by atoms with Crippen LogP contribution in [0.4, 0.5) is 4.39 Å². The molecule has 0 radical (unpaired) electrons. The standard InChI is InChI=1S/C15H16FNO2S2/c16-12-1-2-15-13(9-12)14(5-8-21(15,18)19)17-6-3-11-4-7-20-10-11/h1-2,4,7,9-10,14,17H,3,5-6,8H2. The summed E-state index contributed by atoms with van der Waals surface area (Å²) in [6.45, 7) is 0.747. The molecule has 0 amide bonds. The van der Waals surface area contributed by atoms with Crippen LogP contribution in [0.1, 0.15) is 23.6 Å². The summed E-state index contributed by atoms with van der Waals surface area (Å²) in [5.74, 6) is -0.280. The molecular weight excluding hydrogens is 309 g/mol. The molecule has 0 fully saturated rings. The Hall–Kier alpha value is -1.24. The molecule has 1 aromatic heterocycles. The van der Waals surface area contributed by atoms with E-state index in [0.29, 0.717) is 12.0 Å². The zero-order chi connectivity index (χ0) is 14.9. The Labute approximate surface area is 127 Å². The lowest BCUT2D eigenvalue weighted by Gasteiger charge is -2.26. The summed E-state index contributed by atoms with van der Waals surface area (Å²) >= 11 is 1.66. The van der Waals surface area contributed by atoms with E-state index in [1.807, 2.05) is 5.38 Å². The third kappa shape index (κ3) is 3.17. The van der Waals surface area contributed by atoms with Gasteiger partial charge in [-0.1, -0.05) is 0 Å². The monoisotopic (exact) mass is 325 g/mol. The Balaban J connectivity index is 1.76. The number of fused-ring (bicyclic) bond motifs is 1. The molecule has 6 heteroatoms. The van der Waals surface area contributed by atoms with Crippen LogP contribution >= 0.6 is 11.3 Å². The first kappa shape index (κ1) is 14.7. The number of nitrogens with one attached hydrogen (secondary N) is 1. The number of sulfone groups is 1. The van der Waals surface area contributed by atoms with Crippen molar-refractivity contribution in [3.05, 3.63) is 52.0 Å². The maximum absolute atomic E-state index is 13.4. The van der Waals surface area contributed by atoms with Crippen molar-refractivity contribution in [1.29, 1.82) is 0 Å². The van der Waals surface area contributed by atoms with Crippen molar-refractivity contribution in [3.63, 3.8) is 0 Å². The van der Waals surface area contributed by atoms with Crippen molar-refractivity contribution < 1.29 is 12.8 Å². The van der Waals surface area contributed by atoms with E-state index in [9.17, 15) is 12.8 Å². The quantitative estimate of drug-likeness (QED) is 0.879.